The van der Waals surface area contributed by atoms with Crippen LogP contribution >= 0.6 is 8.03 Å². The van der Waals surface area contributed by atoms with Crippen molar-refractivity contribution in [1.82, 2.24) is 5.06 Å². The van der Waals surface area contributed by atoms with Crippen molar-refractivity contribution in [3.8, 4) is 5.75 Å². The van der Waals surface area contributed by atoms with Gasteiger partial charge in [-0.3, -0.25) is 14.2 Å². The predicted molar refractivity (Wildman–Crippen MR) is 67.3 cm³/mol. The SMILES string of the molecule is CON(C=O)C(C[PH](=O)Oc1ccccc1)C(=O)O. The fourth-order valence-corrected chi connectivity index (χ4v) is 2.50. The van der Waals surface area contributed by atoms with Crippen molar-refractivity contribution in [2.75, 3.05) is 13.3 Å². The molecule has 0 spiro atoms. The molecule has 0 fully saturated rings. The second-order valence-corrected chi connectivity index (χ2v) is 4.85. The zero-order valence-electron chi connectivity index (χ0n) is 10.2. The molecular formula is C11H14NO6P. The van der Waals surface area contributed by atoms with Gasteiger partial charge < -0.3 is 9.63 Å². The lowest BCUT2D eigenvalue weighted by atomic mass is 10.3. The quantitative estimate of drug-likeness (QED) is 0.436. The maximum absolute atomic E-state index is 11.8. The molecule has 7 nitrogen and oxygen atoms in total. The van der Waals surface area contributed by atoms with E-state index in [4.69, 9.17) is 9.63 Å². The van der Waals surface area contributed by atoms with E-state index in [0.29, 0.717) is 10.8 Å². The zero-order chi connectivity index (χ0) is 14.3. The second-order valence-electron chi connectivity index (χ2n) is 3.49. The number of carbonyl (C=O) groups is 2. The lowest BCUT2D eigenvalue weighted by Gasteiger charge is -2.21. The third-order valence-electron chi connectivity index (χ3n) is 2.24. The average Bonchev–Trinajstić information content (AvgIpc) is 2.39. The monoisotopic (exact) mass is 287 g/mol. The predicted octanol–water partition coefficient (Wildman–Crippen LogP) is 1.01. The summed E-state index contributed by atoms with van der Waals surface area (Å²) in [7, 11) is -1.51. The van der Waals surface area contributed by atoms with Gasteiger partial charge in [0.2, 0.25) is 14.4 Å². The number of para-hydroxylation sites is 1. The minimum atomic E-state index is -2.66. The number of hydroxylamine groups is 2. The van der Waals surface area contributed by atoms with Gasteiger partial charge in [0.15, 0.2) is 6.04 Å². The van der Waals surface area contributed by atoms with E-state index in [9.17, 15) is 14.2 Å². The van der Waals surface area contributed by atoms with E-state index < -0.39 is 20.0 Å². The summed E-state index contributed by atoms with van der Waals surface area (Å²) in [5, 5.41) is 9.54. The minimum Gasteiger partial charge on any atom is -0.480 e. The first-order valence-electron chi connectivity index (χ1n) is 5.34. The largest absolute Gasteiger partial charge is 0.480 e. The van der Waals surface area contributed by atoms with Crippen LogP contribution in [0.3, 0.4) is 0 Å². The number of amides is 1. The summed E-state index contributed by atoms with van der Waals surface area (Å²) in [5.41, 5.74) is 0. The molecule has 1 aromatic rings. The number of benzene rings is 1. The Bertz CT molecular complexity index is 452. The van der Waals surface area contributed by atoms with Gasteiger partial charge in [0.25, 0.3) is 0 Å². The summed E-state index contributed by atoms with van der Waals surface area (Å²) in [4.78, 5) is 26.2. The van der Waals surface area contributed by atoms with E-state index in [1.807, 2.05) is 0 Å². The van der Waals surface area contributed by atoms with Crippen LogP contribution in [0.4, 0.5) is 0 Å². The van der Waals surface area contributed by atoms with Gasteiger partial charge in [-0.1, -0.05) is 18.2 Å². The molecule has 0 aromatic heterocycles. The fraction of sp³-hybridized carbons (Fsp3) is 0.273. The average molecular weight is 287 g/mol. The Kier molecular flexibility index (Phi) is 6.05. The Morgan fingerprint density at radius 1 is 1.47 bits per heavy atom. The van der Waals surface area contributed by atoms with Crippen molar-refractivity contribution < 1.29 is 28.6 Å². The van der Waals surface area contributed by atoms with Crippen LogP contribution in [0, 0.1) is 0 Å². The standard InChI is InChI=1S/C11H14NO6P/c1-17-12(8-13)10(11(14)15)7-19(16)18-9-5-3-2-4-6-9/h2-6,8,10,19H,7H2,1H3,(H,14,15). The molecule has 0 heterocycles. The number of rotatable bonds is 8. The molecule has 0 bridgehead atoms. The van der Waals surface area contributed by atoms with E-state index in [2.05, 4.69) is 4.84 Å². The molecule has 0 aliphatic rings. The molecule has 1 amide bonds. The number of hydrogen-bond donors (Lipinski definition) is 1. The summed E-state index contributed by atoms with van der Waals surface area (Å²) in [6, 6.07) is 7.03. The molecule has 2 unspecified atom stereocenters. The van der Waals surface area contributed by atoms with E-state index in [1.165, 1.54) is 0 Å². The van der Waals surface area contributed by atoms with Crippen molar-refractivity contribution in [2.45, 2.75) is 6.04 Å². The van der Waals surface area contributed by atoms with Crippen LogP contribution in [0.25, 0.3) is 0 Å². The summed E-state index contributed by atoms with van der Waals surface area (Å²) in [6.07, 6.45) is -0.113. The van der Waals surface area contributed by atoms with E-state index in [-0.39, 0.29) is 12.6 Å². The molecule has 0 radical (unpaired) electrons. The summed E-state index contributed by atoms with van der Waals surface area (Å²) < 4.78 is 16.9. The van der Waals surface area contributed by atoms with E-state index in [0.717, 1.165) is 7.11 Å². The Hall–Kier alpha value is -1.85. The van der Waals surface area contributed by atoms with E-state index in [1.54, 1.807) is 30.3 Å². The van der Waals surface area contributed by atoms with Gasteiger partial charge in [-0.15, -0.1) is 0 Å². The molecule has 1 aromatic carbocycles. The molecule has 19 heavy (non-hydrogen) atoms. The first-order valence-corrected chi connectivity index (χ1v) is 6.87. The van der Waals surface area contributed by atoms with Crippen LogP contribution in [0.15, 0.2) is 30.3 Å². The summed E-state index contributed by atoms with van der Waals surface area (Å²) in [5.74, 6) is -0.936. The number of aliphatic carboxylic acids is 1. The van der Waals surface area contributed by atoms with E-state index >= 15 is 0 Å². The van der Waals surface area contributed by atoms with Gasteiger partial charge in [0.05, 0.1) is 13.3 Å². The molecule has 8 heteroatoms. The fourth-order valence-electron chi connectivity index (χ4n) is 1.35. The highest BCUT2D eigenvalue weighted by Crippen LogP contribution is 2.28. The Labute approximate surface area is 110 Å². The molecule has 0 aliphatic carbocycles. The molecule has 2 atom stereocenters. The van der Waals surface area contributed by atoms with Crippen molar-refractivity contribution in [3.05, 3.63) is 30.3 Å². The molecule has 1 N–H and O–H groups in total. The number of carbonyl (C=O) groups excluding carboxylic acids is 1. The van der Waals surface area contributed by atoms with Crippen LogP contribution in [0.1, 0.15) is 0 Å². The third-order valence-corrected chi connectivity index (χ3v) is 3.43. The van der Waals surface area contributed by atoms with Gasteiger partial charge in [0.1, 0.15) is 5.75 Å². The highest BCUT2D eigenvalue weighted by Gasteiger charge is 2.28. The van der Waals surface area contributed by atoms with Crippen LogP contribution in [0.2, 0.25) is 0 Å². The molecular weight excluding hydrogens is 273 g/mol. The Balaban J connectivity index is 2.67. The van der Waals surface area contributed by atoms with Gasteiger partial charge in [-0.05, 0) is 12.1 Å². The maximum atomic E-state index is 11.8. The first kappa shape index (κ1) is 15.2. The first-order chi connectivity index (χ1) is 9.08. The topological polar surface area (TPSA) is 93.1 Å². The Morgan fingerprint density at radius 2 is 2.11 bits per heavy atom. The third kappa shape index (κ3) is 4.73. The van der Waals surface area contributed by atoms with Crippen molar-refractivity contribution in [3.63, 3.8) is 0 Å². The minimum absolute atomic E-state index is 0.219. The summed E-state index contributed by atoms with van der Waals surface area (Å²) >= 11 is 0. The smallest absolute Gasteiger partial charge is 0.329 e. The van der Waals surface area contributed by atoms with Crippen molar-refractivity contribution in [1.29, 1.82) is 0 Å². The number of carboxylic acid groups (broad SMARTS) is 1. The van der Waals surface area contributed by atoms with Crippen LogP contribution < -0.4 is 4.52 Å². The molecule has 104 valence electrons. The number of carboxylic acids is 1. The van der Waals surface area contributed by atoms with Gasteiger partial charge in [-0.2, -0.15) is 0 Å². The van der Waals surface area contributed by atoms with Crippen molar-refractivity contribution in [2.24, 2.45) is 0 Å². The highest BCUT2D eigenvalue weighted by atomic mass is 31.1. The van der Waals surface area contributed by atoms with Crippen LogP contribution in [-0.2, 0) is 19.0 Å². The lowest BCUT2D eigenvalue weighted by Crippen LogP contribution is -2.41. The lowest BCUT2D eigenvalue weighted by molar-refractivity contribution is -0.183. The van der Waals surface area contributed by atoms with Crippen molar-refractivity contribution >= 4 is 20.4 Å². The number of nitrogens with zero attached hydrogens (tertiary/aromatic N) is 1. The Morgan fingerprint density at radius 3 is 2.58 bits per heavy atom. The highest BCUT2D eigenvalue weighted by molar-refractivity contribution is 7.39. The summed E-state index contributed by atoms with van der Waals surface area (Å²) in [6.45, 7) is 0. The molecule has 0 saturated carbocycles. The normalized spacial score (nSPS) is 13.3. The van der Waals surface area contributed by atoms with Gasteiger partial charge in [0, 0.05) is 0 Å². The zero-order valence-corrected chi connectivity index (χ0v) is 11.2. The second kappa shape index (κ2) is 7.56. The molecule has 0 saturated heterocycles. The van der Waals surface area contributed by atoms with Crippen LogP contribution in [0.5, 0.6) is 5.75 Å². The van der Waals surface area contributed by atoms with Gasteiger partial charge in [-0.25, -0.2) is 9.86 Å². The molecule has 0 aliphatic heterocycles. The van der Waals surface area contributed by atoms with Crippen LogP contribution in [-0.4, -0.2) is 41.9 Å². The maximum Gasteiger partial charge on any atom is 0.329 e. The molecule has 1 rings (SSSR count). The van der Waals surface area contributed by atoms with Gasteiger partial charge >= 0.3 is 5.97 Å². The number of hydrogen-bond acceptors (Lipinski definition) is 5.